The molecule has 0 fully saturated rings. The Hall–Kier alpha value is -2.60. The normalized spacial score (nSPS) is 14.2. The van der Waals surface area contributed by atoms with Gasteiger partial charge in [0.1, 0.15) is 10.7 Å². The second-order valence-electron chi connectivity index (χ2n) is 6.17. The van der Waals surface area contributed by atoms with Gasteiger partial charge in [-0.25, -0.2) is 0 Å². The fourth-order valence-electron chi connectivity index (χ4n) is 3.15. The molecule has 0 spiro atoms. The second kappa shape index (κ2) is 6.04. The number of nitrogens with zero attached hydrogens (tertiary/aromatic N) is 2. The number of aryl methyl sites for hydroxylation is 2. The molecular weight excluding hydrogens is 342 g/mol. The molecule has 0 bridgehead atoms. The van der Waals surface area contributed by atoms with E-state index in [1.54, 1.807) is 13.0 Å². The van der Waals surface area contributed by atoms with Crippen LogP contribution in [0, 0.1) is 6.92 Å². The molecule has 6 nitrogen and oxygen atoms in total. The van der Waals surface area contributed by atoms with E-state index in [0.717, 1.165) is 23.9 Å². The molecule has 0 radical (unpaired) electrons. The predicted octanol–water partition coefficient (Wildman–Crippen LogP) is 3.15. The van der Waals surface area contributed by atoms with E-state index in [1.807, 2.05) is 22.8 Å². The maximum Gasteiger partial charge on any atom is 0.267 e. The van der Waals surface area contributed by atoms with Crippen molar-refractivity contribution in [3.05, 3.63) is 52.0 Å². The summed E-state index contributed by atoms with van der Waals surface area (Å²) in [6.07, 6.45) is 0.910. The largest absolute Gasteiger partial charge is 0.359 e. The molecule has 0 saturated heterocycles. The number of amides is 1. The topological polar surface area (TPSA) is 77.1 Å². The van der Waals surface area contributed by atoms with Crippen LogP contribution in [0.2, 0.25) is 5.02 Å². The second-order valence-corrected chi connectivity index (χ2v) is 6.55. The van der Waals surface area contributed by atoms with Gasteiger partial charge in [-0.15, -0.1) is 0 Å². The number of hydrogen-bond acceptors (Lipinski definition) is 4. The van der Waals surface area contributed by atoms with Gasteiger partial charge in [0.15, 0.2) is 11.5 Å². The lowest BCUT2D eigenvalue weighted by Gasteiger charge is -2.06. The highest BCUT2D eigenvalue weighted by molar-refractivity contribution is 6.32. The monoisotopic (exact) mass is 357 g/mol. The maximum absolute atomic E-state index is 12.6. The van der Waals surface area contributed by atoms with Crippen LogP contribution in [0.1, 0.15) is 38.7 Å². The maximum atomic E-state index is 12.6. The van der Waals surface area contributed by atoms with Gasteiger partial charge in [0.05, 0.1) is 12.1 Å². The van der Waals surface area contributed by atoms with Crippen molar-refractivity contribution in [2.45, 2.75) is 26.3 Å². The number of halogens is 1. The van der Waals surface area contributed by atoms with Gasteiger partial charge in [-0.1, -0.05) is 28.9 Å². The Kier molecular flexibility index (Phi) is 3.84. The Bertz CT molecular complexity index is 1000. The summed E-state index contributed by atoms with van der Waals surface area (Å²) in [6, 6.07) is 7.32. The Morgan fingerprint density at radius 3 is 3.00 bits per heavy atom. The summed E-state index contributed by atoms with van der Waals surface area (Å²) in [5.74, 6) is 0.191. The summed E-state index contributed by atoms with van der Waals surface area (Å²) in [6.45, 7) is 3.12. The summed E-state index contributed by atoms with van der Waals surface area (Å²) in [7, 11) is 0. The summed E-state index contributed by atoms with van der Waals surface area (Å²) in [5.41, 5.74) is 2.65. The number of fused-ring (bicyclic) bond motifs is 3. The van der Waals surface area contributed by atoms with Crippen LogP contribution in [0.15, 0.2) is 28.8 Å². The average molecular weight is 358 g/mol. The summed E-state index contributed by atoms with van der Waals surface area (Å²) < 4.78 is 7.09. The molecule has 0 atom stereocenters. The summed E-state index contributed by atoms with van der Waals surface area (Å²) >= 11 is 6.09. The van der Waals surface area contributed by atoms with Gasteiger partial charge in [0, 0.05) is 29.6 Å². The number of nitrogens with one attached hydrogen (secondary N) is 1. The molecule has 2 aromatic heterocycles. The van der Waals surface area contributed by atoms with Crippen molar-refractivity contribution in [2.24, 2.45) is 0 Å². The zero-order chi connectivity index (χ0) is 17.6. The minimum absolute atomic E-state index is 0.0548. The van der Waals surface area contributed by atoms with Crippen LogP contribution >= 0.6 is 11.6 Å². The van der Waals surface area contributed by atoms with Crippen molar-refractivity contribution < 1.29 is 14.1 Å². The molecule has 3 heterocycles. The number of carbonyl (C=O) groups is 2. The number of rotatable bonds is 3. The van der Waals surface area contributed by atoms with Crippen molar-refractivity contribution in [3.8, 4) is 0 Å². The first-order chi connectivity index (χ1) is 12.0. The van der Waals surface area contributed by atoms with Crippen LogP contribution < -0.4 is 5.32 Å². The van der Waals surface area contributed by atoms with Gasteiger partial charge in [0.2, 0.25) is 0 Å². The fourth-order valence-corrected chi connectivity index (χ4v) is 3.29. The van der Waals surface area contributed by atoms with Crippen molar-refractivity contribution in [1.82, 2.24) is 15.0 Å². The Morgan fingerprint density at radius 2 is 2.24 bits per heavy atom. The van der Waals surface area contributed by atoms with Gasteiger partial charge >= 0.3 is 0 Å². The molecule has 0 aliphatic carbocycles. The summed E-state index contributed by atoms with van der Waals surface area (Å²) in [4.78, 5) is 24.7. The van der Waals surface area contributed by atoms with Crippen LogP contribution in [0.3, 0.4) is 0 Å². The molecule has 1 N–H and O–H groups in total. The van der Waals surface area contributed by atoms with Gasteiger partial charge in [0.25, 0.3) is 5.91 Å². The number of ketones is 1. The molecule has 3 aromatic rings. The third-order valence-corrected chi connectivity index (χ3v) is 4.96. The van der Waals surface area contributed by atoms with Crippen LogP contribution in [-0.4, -0.2) is 28.0 Å². The van der Waals surface area contributed by atoms with Gasteiger partial charge in [-0.3, -0.25) is 9.59 Å². The van der Waals surface area contributed by atoms with Crippen molar-refractivity contribution in [1.29, 1.82) is 0 Å². The van der Waals surface area contributed by atoms with Crippen LogP contribution in [0.4, 0.5) is 0 Å². The minimum Gasteiger partial charge on any atom is -0.359 e. The Balaban J connectivity index is 1.71. The highest BCUT2D eigenvalue weighted by Gasteiger charge is 2.20. The molecule has 25 heavy (non-hydrogen) atoms. The molecule has 1 amide bonds. The third kappa shape index (κ3) is 2.72. The number of Topliss-reactive ketones (excluding diaryl/α,β-unsaturated/α-hetero) is 1. The summed E-state index contributed by atoms with van der Waals surface area (Å²) in [5, 5.41) is 7.99. The van der Waals surface area contributed by atoms with Crippen molar-refractivity contribution in [2.75, 3.05) is 6.54 Å². The van der Waals surface area contributed by atoms with E-state index >= 15 is 0 Å². The Labute approximate surface area is 148 Å². The van der Waals surface area contributed by atoms with E-state index in [1.165, 1.54) is 0 Å². The number of hydrogen-bond donors (Lipinski definition) is 1. The molecule has 7 heteroatoms. The van der Waals surface area contributed by atoms with E-state index in [2.05, 4.69) is 10.5 Å². The average Bonchev–Trinajstić information content (AvgIpc) is 3.06. The van der Waals surface area contributed by atoms with E-state index in [4.69, 9.17) is 16.1 Å². The molecular formula is C18H16ClN3O3. The van der Waals surface area contributed by atoms with Gasteiger partial charge in [-0.05, 0) is 25.5 Å². The van der Waals surface area contributed by atoms with E-state index < -0.39 is 0 Å². The first kappa shape index (κ1) is 15.9. The highest BCUT2D eigenvalue weighted by Crippen LogP contribution is 2.25. The Morgan fingerprint density at radius 1 is 1.40 bits per heavy atom. The van der Waals surface area contributed by atoms with Crippen molar-refractivity contribution >= 4 is 34.2 Å². The van der Waals surface area contributed by atoms with Gasteiger partial charge < -0.3 is 14.4 Å². The molecule has 4 rings (SSSR count). The minimum atomic E-state index is -0.103. The molecule has 128 valence electrons. The van der Waals surface area contributed by atoms with E-state index in [0.29, 0.717) is 34.3 Å². The van der Waals surface area contributed by atoms with E-state index in [-0.39, 0.29) is 18.1 Å². The standard InChI is InChI=1S/C18H16ClN3O3/c1-10-17(19)16(25-21-10)9-15(23)12-4-3-11-7-14-18(24)20-5-2-6-22(14)13(11)8-12/h3-4,7-8H,2,5-6,9H2,1H3,(H,20,24). The lowest BCUT2D eigenvalue weighted by Crippen LogP contribution is -2.22. The van der Waals surface area contributed by atoms with Crippen molar-refractivity contribution in [3.63, 3.8) is 0 Å². The van der Waals surface area contributed by atoms with Crippen LogP contribution in [-0.2, 0) is 13.0 Å². The van der Waals surface area contributed by atoms with E-state index in [9.17, 15) is 9.59 Å². The lowest BCUT2D eigenvalue weighted by atomic mass is 10.1. The SMILES string of the molecule is Cc1noc(CC(=O)c2ccc3cc4n(c3c2)CCCNC4=O)c1Cl. The zero-order valence-electron chi connectivity index (χ0n) is 13.6. The number of carbonyl (C=O) groups excluding carboxylic acids is 2. The smallest absolute Gasteiger partial charge is 0.267 e. The number of aromatic nitrogens is 2. The highest BCUT2D eigenvalue weighted by atomic mass is 35.5. The molecule has 0 unspecified atom stereocenters. The third-order valence-electron chi connectivity index (χ3n) is 4.48. The molecule has 0 saturated carbocycles. The first-order valence-corrected chi connectivity index (χ1v) is 8.47. The molecule has 1 aromatic carbocycles. The van der Waals surface area contributed by atoms with Crippen LogP contribution in [0.5, 0.6) is 0 Å². The number of benzene rings is 1. The molecule has 1 aliphatic heterocycles. The molecule has 1 aliphatic rings. The lowest BCUT2D eigenvalue weighted by molar-refractivity contribution is 0.0949. The first-order valence-electron chi connectivity index (χ1n) is 8.10. The predicted molar refractivity (Wildman–Crippen MR) is 93.2 cm³/mol. The van der Waals surface area contributed by atoms with Crippen LogP contribution in [0.25, 0.3) is 10.9 Å². The van der Waals surface area contributed by atoms with Gasteiger partial charge in [-0.2, -0.15) is 0 Å². The fraction of sp³-hybridized carbons (Fsp3) is 0.278. The quantitative estimate of drug-likeness (QED) is 0.730. The zero-order valence-corrected chi connectivity index (χ0v) is 14.4.